The van der Waals surface area contributed by atoms with E-state index in [-0.39, 0.29) is 12.4 Å². The SMILES string of the molecule is Cl.O=C(O)C1(Cc2ccc(Cl)c(Cl)c2)CCCN1. The van der Waals surface area contributed by atoms with Gasteiger partial charge in [0.15, 0.2) is 0 Å². The summed E-state index contributed by atoms with van der Waals surface area (Å²) in [6.45, 7) is 0.744. The van der Waals surface area contributed by atoms with Gasteiger partial charge < -0.3 is 10.4 Å². The van der Waals surface area contributed by atoms with Gasteiger partial charge in [0.1, 0.15) is 5.54 Å². The van der Waals surface area contributed by atoms with E-state index in [9.17, 15) is 9.90 Å². The number of carbonyl (C=O) groups is 1. The fourth-order valence-corrected chi connectivity index (χ4v) is 2.53. The normalized spacial score (nSPS) is 22.6. The van der Waals surface area contributed by atoms with Crippen LogP contribution in [0.4, 0.5) is 0 Å². The minimum Gasteiger partial charge on any atom is -0.480 e. The summed E-state index contributed by atoms with van der Waals surface area (Å²) >= 11 is 11.8. The highest BCUT2D eigenvalue weighted by Gasteiger charge is 2.41. The van der Waals surface area contributed by atoms with Gasteiger partial charge >= 0.3 is 5.97 Å². The summed E-state index contributed by atoms with van der Waals surface area (Å²) in [7, 11) is 0. The highest BCUT2D eigenvalue weighted by Crippen LogP contribution is 2.28. The lowest BCUT2D eigenvalue weighted by Crippen LogP contribution is -2.49. The van der Waals surface area contributed by atoms with Gasteiger partial charge in [-0.3, -0.25) is 4.79 Å². The molecule has 1 unspecified atom stereocenters. The van der Waals surface area contributed by atoms with Gasteiger partial charge in [0.2, 0.25) is 0 Å². The van der Waals surface area contributed by atoms with Crippen LogP contribution in [0.5, 0.6) is 0 Å². The molecule has 1 aromatic rings. The van der Waals surface area contributed by atoms with E-state index < -0.39 is 11.5 Å². The van der Waals surface area contributed by atoms with Crippen molar-refractivity contribution < 1.29 is 9.90 Å². The van der Waals surface area contributed by atoms with E-state index in [2.05, 4.69) is 5.32 Å². The molecule has 1 atom stereocenters. The zero-order chi connectivity index (χ0) is 12.5. The number of carboxylic acids is 1. The summed E-state index contributed by atoms with van der Waals surface area (Å²) in [5, 5.41) is 13.4. The minimum absolute atomic E-state index is 0. The zero-order valence-electron chi connectivity index (χ0n) is 9.58. The van der Waals surface area contributed by atoms with Crippen molar-refractivity contribution in [1.82, 2.24) is 5.32 Å². The van der Waals surface area contributed by atoms with Crippen LogP contribution in [-0.2, 0) is 11.2 Å². The second-order valence-corrected chi connectivity index (χ2v) is 5.16. The summed E-state index contributed by atoms with van der Waals surface area (Å²) in [6, 6.07) is 5.25. The molecule has 1 aliphatic heterocycles. The van der Waals surface area contributed by atoms with Crippen molar-refractivity contribution in [3.8, 4) is 0 Å². The van der Waals surface area contributed by atoms with E-state index in [0.29, 0.717) is 22.9 Å². The Morgan fingerprint density at radius 1 is 1.39 bits per heavy atom. The molecule has 3 nitrogen and oxygen atoms in total. The average molecular weight is 311 g/mol. The molecule has 1 aromatic carbocycles. The van der Waals surface area contributed by atoms with E-state index in [0.717, 1.165) is 18.5 Å². The lowest BCUT2D eigenvalue weighted by Gasteiger charge is -2.24. The molecular weight excluding hydrogens is 296 g/mol. The molecule has 0 bridgehead atoms. The number of benzene rings is 1. The zero-order valence-corrected chi connectivity index (χ0v) is 11.9. The molecule has 6 heteroatoms. The average Bonchev–Trinajstić information content (AvgIpc) is 2.73. The van der Waals surface area contributed by atoms with Crippen molar-refractivity contribution in [2.24, 2.45) is 0 Å². The Morgan fingerprint density at radius 3 is 2.61 bits per heavy atom. The molecule has 1 saturated heterocycles. The fourth-order valence-electron chi connectivity index (χ4n) is 2.21. The summed E-state index contributed by atoms with van der Waals surface area (Å²) in [5.41, 5.74) is 0.0353. The Morgan fingerprint density at radius 2 is 2.11 bits per heavy atom. The molecule has 1 fully saturated rings. The second-order valence-electron chi connectivity index (χ2n) is 4.34. The van der Waals surface area contributed by atoms with Crippen molar-refractivity contribution in [3.05, 3.63) is 33.8 Å². The Hall–Kier alpha value is -0.480. The second kappa shape index (κ2) is 6.11. The number of halogens is 3. The van der Waals surface area contributed by atoms with Gasteiger partial charge in [0.05, 0.1) is 10.0 Å². The largest absolute Gasteiger partial charge is 0.480 e. The fraction of sp³-hybridized carbons (Fsp3) is 0.417. The number of aliphatic carboxylic acids is 1. The Bertz CT molecular complexity index is 445. The maximum atomic E-state index is 11.4. The molecule has 0 radical (unpaired) electrons. The van der Waals surface area contributed by atoms with Crippen LogP contribution in [-0.4, -0.2) is 23.2 Å². The quantitative estimate of drug-likeness (QED) is 0.901. The molecule has 0 aliphatic carbocycles. The van der Waals surface area contributed by atoms with Crippen LogP contribution in [0.3, 0.4) is 0 Å². The molecule has 0 amide bonds. The van der Waals surface area contributed by atoms with Crippen molar-refractivity contribution in [2.45, 2.75) is 24.8 Å². The van der Waals surface area contributed by atoms with Crippen LogP contribution in [0.15, 0.2) is 18.2 Å². The summed E-state index contributed by atoms with van der Waals surface area (Å²) in [5.74, 6) is -0.805. The lowest BCUT2D eigenvalue weighted by molar-refractivity contribution is -0.144. The van der Waals surface area contributed by atoms with Crippen LogP contribution < -0.4 is 5.32 Å². The van der Waals surface area contributed by atoms with E-state index in [1.54, 1.807) is 12.1 Å². The first-order chi connectivity index (χ1) is 8.03. The van der Waals surface area contributed by atoms with E-state index >= 15 is 0 Å². The molecular formula is C12H14Cl3NO2. The molecule has 0 spiro atoms. The molecule has 1 heterocycles. The van der Waals surface area contributed by atoms with Crippen LogP contribution in [0.25, 0.3) is 0 Å². The first-order valence-electron chi connectivity index (χ1n) is 5.46. The number of rotatable bonds is 3. The summed E-state index contributed by atoms with van der Waals surface area (Å²) in [4.78, 5) is 11.4. The van der Waals surface area contributed by atoms with Crippen LogP contribution in [0, 0.1) is 0 Å². The number of carboxylic acid groups (broad SMARTS) is 1. The van der Waals surface area contributed by atoms with Crippen LogP contribution in [0.2, 0.25) is 10.0 Å². The van der Waals surface area contributed by atoms with Gasteiger partial charge in [-0.25, -0.2) is 0 Å². The third-order valence-corrected chi connectivity index (χ3v) is 3.88. The molecule has 0 aromatic heterocycles. The van der Waals surface area contributed by atoms with Gasteiger partial charge in [-0.2, -0.15) is 0 Å². The predicted molar refractivity (Wildman–Crippen MR) is 75.0 cm³/mol. The van der Waals surface area contributed by atoms with Crippen molar-refractivity contribution in [1.29, 1.82) is 0 Å². The standard InChI is InChI=1S/C12H13Cl2NO2.ClH/c13-9-3-2-8(6-10(9)14)7-12(11(16)17)4-1-5-15-12;/h2-3,6,15H,1,4-5,7H2,(H,16,17);1H. The van der Waals surface area contributed by atoms with Crippen molar-refractivity contribution in [3.63, 3.8) is 0 Å². The Balaban J connectivity index is 0.00000162. The molecule has 2 N–H and O–H groups in total. The number of nitrogens with one attached hydrogen (secondary N) is 1. The lowest BCUT2D eigenvalue weighted by atomic mass is 9.89. The van der Waals surface area contributed by atoms with Gasteiger partial charge in [-0.15, -0.1) is 12.4 Å². The molecule has 18 heavy (non-hydrogen) atoms. The third-order valence-electron chi connectivity index (χ3n) is 3.14. The maximum Gasteiger partial charge on any atom is 0.324 e. The highest BCUT2D eigenvalue weighted by atomic mass is 35.5. The minimum atomic E-state index is -0.850. The third kappa shape index (κ3) is 3.09. The van der Waals surface area contributed by atoms with E-state index in [4.69, 9.17) is 23.2 Å². The van der Waals surface area contributed by atoms with Crippen LogP contribution in [0.1, 0.15) is 18.4 Å². The topological polar surface area (TPSA) is 49.3 Å². The Labute approximate surface area is 122 Å². The molecule has 2 rings (SSSR count). The van der Waals surface area contributed by atoms with Crippen molar-refractivity contribution >= 4 is 41.6 Å². The first kappa shape index (κ1) is 15.6. The van der Waals surface area contributed by atoms with Gasteiger partial charge in [0.25, 0.3) is 0 Å². The van der Waals surface area contributed by atoms with Gasteiger partial charge in [0, 0.05) is 6.42 Å². The van der Waals surface area contributed by atoms with E-state index in [1.807, 2.05) is 6.07 Å². The summed E-state index contributed by atoms with van der Waals surface area (Å²) < 4.78 is 0. The van der Waals surface area contributed by atoms with Gasteiger partial charge in [-0.05, 0) is 37.1 Å². The van der Waals surface area contributed by atoms with Crippen LogP contribution >= 0.6 is 35.6 Å². The molecule has 1 aliphatic rings. The van der Waals surface area contributed by atoms with Gasteiger partial charge in [-0.1, -0.05) is 29.3 Å². The van der Waals surface area contributed by atoms with E-state index in [1.165, 1.54) is 0 Å². The smallest absolute Gasteiger partial charge is 0.324 e. The number of hydrogen-bond donors (Lipinski definition) is 2. The first-order valence-corrected chi connectivity index (χ1v) is 6.21. The highest BCUT2D eigenvalue weighted by molar-refractivity contribution is 6.42. The molecule has 0 saturated carbocycles. The monoisotopic (exact) mass is 309 g/mol. The van der Waals surface area contributed by atoms with Crippen molar-refractivity contribution in [2.75, 3.05) is 6.54 Å². The Kier molecular flexibility index (Phi) is 5.29. The number of hydrogen-bond acceptors (Lipinski definition) is 2. The summed E-state index contributed by atoms with van der Waals surface area (Å²) in [6.07, 6.45) is 1.95. The maximum absolute atomic E-state index is 11.4. The predicted octanol–water partition coefficient (Wildman–Crippen LogP) is 3.16. The molecule has 100 valence electrons.